The smallest absolute Gasteiger partial charge is 0.261 e. The molecule has 0 unspecified atom stereocenters. The summed E-state index contributed by atoms with van der Waals surface area (Å²) in [5.74, 6) is 0.458. The van der Waals surface area contributed by atoms with E-state index in [9.17, 15) is 13.2 Å². The molecule has 1 aliphatic rings. The van der Waals surface area contributed by atoms with Gasteiger partial charge in [-0.25, -0.2) is 8.42 Å². The minimum absolute atomic E-state index is 0.0609. The van der Waals surface area contributed by atoms with Crippen LogP contribution in [0.15, 0.2) is 47.4 Å². The van der Waals surface area contributed by atoms with Crippen LogP contribution in [0.1, 0.15) is 54.9 Å². The van der Waals surface area contributed by atoms with Crippen molar-refractivity contribution in [2.75, 3.05) is 11.3 Å². The SMILES string of the molecule is CCOc1ccc(NS(=O)(=O)c2ccc(C)c(C(=O)NC3CCCCC3)c2)cc1. The second-order valence-electron chi connectivity index (χ2n) is 7.35. The number of carbonyl (C=O) groups is 1. The first-order chi connectivity index (χ1) is 13.9. The lowest BCUT2D eigenvalue weighted by Crippen LogP contribution is -2.36. The molecule has 156 valence electrons. The van der Waals surface area contributed by atoms with Crippen LogP contribution < -0.4 is 14.8 Å². The number of amides is 1. The highest BCUT2D eigenvalue weighted by molar-refractivity contribution is 7.92. The lowest BCUT2D eigenvalue weighted by Gasteiger charge is -2.23. The molecule has 6 nitrogen and oxygen atoms in total. The predicted molar refractivity (Wildman–Crippen MR) is 114 cm³/mol. The first-order valence-corrected chi connectivity index (χ1v) is 11.5. The van der Waals surface area contributed by atoms with Crippen molar-refractivity contribution in [2.45, 2.75) is 56.9 Å². The van der Waals surface area contributed by atoms with Crippen LogP contribution in [0.3, 0.4) is 0 Å². The summed E-state index contributed by atoms with van der Waals surface area (Å²) in [6.07, 6.45) is 5.38. The molecule has 1 saturated carbocycles. The molecule has 1 amide bonds. The van der Waals surface area contributed by atoms with E-state index in [-0.39, 0.29) is 16.8 Å². The average molecular weight is 417 g/mol. The Kier molecular flexibility index (Phi) is 6.79. The zero-order valence-electron chi connectivity index (χ0n) is 16.9. The fraction of sp³-hybridized carbons (Fsp3) is 0.409. The van der Waals surface area contributed by atoms with Gasteiger partial charge in [-0.2, -0.15) is 0 Å². The van der Waals surface area contributed by atoms with Gasteiger partial charge in [0, 0.05) is 17.3 Å². The molecule has 29 heavy (non-hydrogen) atoms. The Hall–Kier alpha value is -2.54. The zero-order valence-corrected chi connectivity index (χ0v) is 17.7. The van der Waals surface area contributed by atoms with Gasteiger partial charge < -0.3 is 10.1 Å². The van der Waals surface area contributed by atoms with Crippen LogP contribution in [0.25, 0.3) is 0 Å². The second-order valence-corrected chi connectivity index (χ2v) is 9.03. The maximum atomic E-state index is 12.8. The van der Waals surface area contributed by atoms with Crippen molar-refractivity contribution in [3.63, 3.8) is 0 Å². The van der Waals surface area contributed by atoms with Gasteiger partial charge in [0.05, 0.1) is 11.5 Å². The summed E-state index contributed by atoms with van der Waals surface area (Å²) >= 11 is 0. The number of hydrogen-bond donors (Lipinski definition) is 2. The topological polar surface area (TPSA) is 84.5 Å². The van der Waals surface area contributed by atoms with Gasteiger partial charge in [0.15, 0.2) is 0 Å². The number of nitrogens with one attached hydrogen (secondary N) is 2. The monoisotopic (exact) mass is 416 g/mol. The Labute approximate surface area is 172 Å². The molecule has 2 aromatic rings. The van der Waals surface area contributed by atoms with Crippen LogP contribution in [-0.2, 0) is 10.0 Å². The Balaban J connectivity index is 1.76. The van der Waals surface area contributed by atoms with Gasteiger partial charge in [0.2, 0.25) is 0 Å². The molecule has 0 bridgehead atoms. The van der Waals surface area contributed by atoms with E-state index in [1.807, 2.05) is 13.8 Å². The number of aryl methyl sites for hydroxylation is 1. The van der Waals surface area contributed by atoms with E-state index in [0.29, 0.717) is 23.6 Å². The molecule has 0 aromatic heterocycles. The lowest BCUT2D eigenvalue weighted by molar-refractivity contribution is 0.0927. The van der Waals surface area contributed by atoms with Crippen molar-refractivity contribution >= 4 is 21.6 Å². The molecule has 2 N–H and O–H groups in total. The Morgan fingerprint density at radius 1 is 1.07 bits per heavy atom. The van der Waals surface area contributed by atoms with Crippen molar-refractivity contribution in [1.82, 2.24) is 5.32 Å². The first-order valence-electron chi connectivity index (χ1n) is 10.1. The molecule has 0 aliphatic heterocycles. The van der Waals surface area contributed by atoms with E-state index < -0.39 is 10.0 Å². The number of sulfonamides is 1. The number of ether oxygens (including phenoxy) is 1. The zero-order chi connectivity index (χ0) is 20.9. The Morgan fingerprint density at radius 3 is 2.41 bits per heavy atom. The van der Waals surface area contributed by atoms with Crippen LogP contribution in [0, 0.1) is 6.92 Å². The van der Waals surface area contributed by atoms with Crippen LogP contribution in [-0.4, -0.2) is 27.0 Å². The number of anilines is 1. The number of benzene rings is 2. The van der Waals surface area contributed by atoms with E-state index in [1.165, 1.54) is 18.6 Å². The second kappa shape index (κ2) is 9.31. The van der Waals surface area contributed by atoms with Gasteiger partial charge in [-0.3, -0.25) is 9.52 Å². The summed E-state index contributed by atoms with van der Waals surface area (Å²) in [5.41, 5.74) is 1.57. The van der Waals surface area contributed by atoms with Gasteiger partial charge in [-0.1, -0.05) is 25.3 Å². The van der Waals surface area contributed by atoms with E-state index in [4.69, 9.17) is 4.74 Å². The molecule has 0 radical (unpaired) electrons. The van der Waals surface area contributed by atoms with Crippen molar-refractivity contribution in [3.8, 4) is 5.75 Å². The molecule has 2 aromatic carbocycles. The van der Waals surface area contributed by atoms with E-state index in [2.05, 4.69) is 10.0 Å². The maximum absolute atomic E-state index is 12.8. The molecular weight excluding hydrogens is 388 g/mol. The van der Waals surface area contributed by atoms with E-state index in [1.54, 1.807) is 30.3 Å². The molecule has 3 rings (SSSR count). The molecule has 0 atom stereocenters. The number of hydrogen-bond acceptors (Lipinski definition) is 4. The van der Waals surface area contributed by atoms with Crippen molar-refractivity contribution in [3.05, 3.63) is 53.6 Å². The highest BCUT2D eigenvalue weighted by atomic mass is 32.2. The minimum atomic E-state index is -3.82. The fourth-order valence-electron chi connectivity index (χ4n) is 3.52. The molecule has 0 saturated heterocycles. The average Bonchev–Trinajstić information content (AvgIpc) is 2.70. The third kappa shape index (κ3) is 5.50. The molecular formula is C22H28N2O4S. The molecule has 0 spiro atoms. The van der Waals surface area contributed by atoms with Gasteiger partial charge in [-0.15, -0.1) is 0 Å². The fourth-order valence-corrected chi connectivity index (χ4v) is 4.61. The largest absolute Gasteiger partial charge is 0.494 e. The van der Waals surface area contributed by atoms with E-state index >= 15 is 0 Å². The summed E-state index contributed by atoms with van der Waals surface area (Å²) in [6, 6.07) is 11.5. The van der Waals surface area contributed by atoms with E-state index in [0.717, 1.165) is 31.2 Å². The van der Waals surface area contributed by atoms with Crippen molar-refractivity contribution in [2.24, 2.45) is 0 Å². The summed E-state index contributed by atoms with van der Waals surface area (Å²) < 4.78 is 33.6. The summed E-state index contributed by atoms with van der Waals surface area (Å²) in [4.78, 5) is 12.8. The number of rotatable bonds is 7. The summed E-state index contributed by atoms with van der Waals surface area (Å²) in [5, 5.41) is 3.05. The first kappa shape index (κ1) is 21.2. The van der Waals surface area contributed by atoms with Crippen LogP contribution in [0.5, 0.6) is 5.75 Å². The normalized spacial score (nSPS) is 15.0. The lowest BCUT2D eigenvalue weighted by atomic mass is 9.95. The van der Waals surface area contributed by atoms with Crippen LogP contribution >= 0.6 is 0 Å². The van der Waals surface area contributed by atoms with Gasteiger partial charge >= 0.3 is 0 Å². The summed E-state index contributed by atoms with van der Waals surface area (Å²) in [6.45, 7) is 4.24. The van der Waals surface area contributed by atoms with Crippen molar-refractivity contribution < 1.29 is 17.9 Å². The minimum Gasteiger partial charge on any atom is -0.494 e. The molecule has 0 heterocycles. The predicted octanol–water partition coefficient (Wildman–Crippen LogP) is 4.26. The third-order valence-electron chi connectivity index (χ3n) is 5.12. The third-order valence-corrected chi connectivity index (χ3v) is 6.50. The highest BCUT2D eigenvalue weighted by Gasteiger charge is 2.21. The quantitative estimate of drug-likeness (QED) is 0.706. The van der Waals surface area contributed by atoms with Crippen molar-refractivity contribution in [1.29, 1.82) is 0 Å². The molecule has 7 heteroatoms. The maximum Gasteiger partial charge on any atom is 0.261 e. The number of carbonyl (C=O) groups excluding carboxylic acids is 1. The van der Waals surface area contributed by atoms with Crippen LogP contribution in [0.2, 0.25) is 0 Å². The van der Waals surface area contributed by atoms with Gasteiger partial charge in [0.1, 0.15) is 5.75 Å². The van der Waals surface area contributed by atoms with Crippen LogP contribution in [0.4, 0.5) is 5.69 Å². The molecule has 1 fully saturated rings. The van der Waals surface area contributed by atoms with Gasteiger partial charge in [0.25, 0.3) is 15.9 Å². The van der Waals surface area contributed by atoms with Gasteiger partial charge in [-0.05, 0) is 68.7 Å². The Morgan fingerprint density at radius 2 is 1.76 bits per heavy atom. The standard InChI is InChI=1S/C22H28N2O4S/c1-3-28-19-12-10-18(11-13-19)24-29(26,27)20-14-9-16(2)21(15-20)22(25)23-17-7-5-4-6-8-17/h9-15,17,24H,3-8H2,1-2H3,(H,23,25). The Bertz CT molecular complexity index is 949. The highest BCUT2D eigenvalue weighted by Crippen LogP contribution is 2.22. The molecule has 1 aliphatic carbocycles. The summed E-state index contributed by atoms with van der Waals surface area (Å²) in [7, 11) is -3.82.